The number of nitrogens with zero attached hydrogens (tertiary/aromatic N) is 1. The number of benzene rings is 1. The van der Waals surface area contributed by atoms with E-state index in [4.69, 9.17) is 10.6 Å². The van der Waals surface area contributed by atoms with Crippen LogP contribution >= 0.6 is 22.6 Å². The molecule has 22 heavy (non-hydrogen) atoms. The van der Waals surface area contributed by atoms with Gasteiger partial charge in [0, 0.05) is 15.4 Å². The molecule has 0 spiro atoms. The van der Waals surface area contributed by atoms with Crippen molar-refractivity contribution in [2.45, 2.75) is 47.1 Å². The van der Waals surface area contributed by atoms with Crippen LogP contribution in [0.3, 0.4) is 0 Å². The molecule has 0 aliphatic carbocycles. The molecule has 0 aliphatic rings. The third-order valence-corrected chi connectivity index (χ3v) is 5.73. The normalized spacial score (nSPS) is 16.0. The molecule has 4 nitrogen and oxygen atoms in total. The largest absolute Gasteiger partial charge is 0.378 e. The van der Waals surface area contributed by atoms with E-state index in [1.165, 1.54) is 0 Å². The minimum Gasteiger partial charge on any atom is -0.378 e. The van der Waals surface area contributed by atoms with Crippen LogP contribution < -0.4 is 5.73 Å². The van der Waals surface area contributed by atoms with Gasteiger partial charge < -0.3 is 10.6 Å². The summed E-state index contributed by atoms with van der Waals surface area (Å²) < 4.78 is 0.935. The van der Waals surface area contributed by atoms with Gasteiger partial charge in [0.25, 0.3) is 5.91 Å². The van der Waals surface area contributed by atoms with Gasteiger partial charge >= 0.3 is 0 Å². The lowest BCUT2D eigenvalue weighted by Crippen LogP contribution is -2.28. The summed E-state index contributed by atoms with van der Waals surface area (Å²) in [7, 11) is 0. The standard InChI is InChI=1S/C17H25IN2O2/c1-6-17(5,10-18)13(4)20-22-15(16(19)21)14-8-11(2)7-12(3)9-14/h7-9,15H,6,10H2,1-5H3,(H2,19,21)/b20-13+. The first kappa shape index (κ1) is 18.9. The number of hydrogen-bond donors (Lipinski definition) is 1. The molecule has 2 unspecified atom stereocenters. The number of halogens is 1. The molecular formula is C17H25IN2O2. The lowest BCUT2D eigenvalue weighted by Gasteiger charge is -2.25. The summed E-state index contributed by atoms with van der Waals surface area (Å²) in [6, 6.07) is 5.86. The molecule has 122 valence electrons. The number of oxime groups is 1. The van der Waals surface area contributed by atoms with Crippen LogP contribution in [0, 0.1) is 19.3 Å². The predicted octanol–water partition coefficient (Wildman–Crippen LogP) is 4.07. The van der Waals surface area contributed by atoms with Crippen molar-refractivity contribution in [2.24, 2.45) is 16.3 Å². The molecule has 1 aromatic carbocycles. The van der Waals surface area contributed by atoms with Gasteiger partial charge in [0.05, 0.1) is 5.71 Å². The number of amides is 1. The molecule has 0 aliphatic heterocycles. The number of carbonyl (C=O) groups excluding carboxylic acids is 1. The van der Waals surface area contributed by atoms with Crippen LogP contribution in [0.2, 0.25) is 0 Å². The summed E-state index contributed by atoms with van der Waals surface area (Å²) in [6.07, 6.45) is 0.100. The number of alkyl halides is 1. The number of nitrogens with two attached hydrogens (primary N) is 1. The minimum absolute atomic E-state index is 0.0364. The lowest BCUT2D eigenvalue weighted by atomic mass is 9.85. The summed E-state index contributed by atoms with van der Waals surface area (Å²) in [5.74, 6) is -0.533. The van der Waals surface area contributed by atoms with Gasteiger partial charge in [-0.05, 0) is 27.2 Å². The van der Waals surface area contributed by atoms with E-state index in [1.54, 1.807) is 0 Å². The maximum Gasteiger partial charge on any atom is 0.266 e. The molecule has 0 aromatic heterocycles. The summed E-state index contributed by atoms with van der Waals surface area (Å²) in [4.78, 5) is 17.3. The first-order chi connectivity index (χ1) is 10.2. The molecule has 0 fully saturated rings. The van der Waals surface area contributed by atoms with E-state index >= 15 is 0 Å². The van der Waals surface area contributed by atoms with Gasteiger partial charge in [-0.15, -0.1) is 0 Å². The Labute approximate surface area is 146 Å². The topological polar surface area (TPSA) is 64.7 Å². The van der Waals surface area contributed by atoms with Crippen LogP contribution in [-0.2, 0) is 9.63 Å². The van der Waals surface area contributed by atoms with Gasteiger partial charge in [0.2, 0.25) is 6.10 Å². The SMILES string of the molecule is CCC(C)(CI)/C(C)=N/OC(C(N)=O)c1cc(C)cc(C)c1. The fourth-order valence-electron chi connectivity index (χ4n) is 2.13. The lowest BCUT2D eigenvalue weighted by molar-refractivity contribution is -0.129. The smallest absolute Gasteiger partial charge is 0.266 e. The number of carbonyl (C=O) groups is 1. The van der Waals surface area contributed by atoms with Crippen molar-refractivity contribution in [2.75, 3.05) is 4.43 Å². The molecule has 5 heteroatoms. The zero-order chi connectivity index (χ0) is 16.9. The maximum absolute atomic E-state index is 11.8. The summed E-state index contributed by atoms with van der Waals surface area (Å²) in [5, 5.41) is 4.21. The van der Waals surface area contributed by atoms with Crippen molar-refractivity contribution in [1.82, 2.24) is 0 Å². The molecule has 0 saturated carbocycles. The Morgan fingerprint density at radius 2 is 1.91 bits per heavy atom. The van der Waals surface area contributed by atoms with Crippen molar-refractivity contribution < 1.29 is 9.63 Å². The molecule has 1 rings (SSSR count). The maximum atomic E-state index is 11.8. The number of aryl methyl sites for hydroxylation is 2. The summed E-state index contributed by atoms with van der Waals surface area (Å²) in [5.41, 5.74) is 9.21. The highest BCUT2D eigenvalue weighted by Crippen LogP contribution is 2.27. The number of primary amides is 1. The Morgan fingerprint density at radius 3 is 2.32 bits per heavy atom. The third kappa shape index (κ3) is 4.69. The zero-order valence-corrected chi connectivity index (χ0v) is 16.1. The van der Waals surface area contributed by atoms with E-state index in [0.29, 0.717) is 0 Å². The predicted molar refractivity (Wildman–Crippen MR) is 99.3 cm³/mol. The van der Waals surface area contributed by atoms with E-state index in [0.717, 1.165) is 33.3 Å². The Balaban J connectivity index is 3.06. The monoisotopic (exact) mass is 416 g/mol. The molecule has 1 aromatic rings. The average molecular weight is 416 g/mol. The van der Waals surface area contributed by atoms with Gasteiger partial charge in [-0.25, -0.2) is 0 Å². The van der Waals surface area contributed by atoms with Crippen molar-refractivity contribution in [3.63, 3.8) is 0 Å². The van der Waals surface area contributed by atoms with E-state index in [9.17, 15) is 4.79 Å². The van der Waals surface area contributed by atoms with Crippen LogP contribution in [-0.4, -0.2) is 16.0 Å². The van der Waals surface area contributed by atoms with E-state index in [2.05, 4.69) is 41.6 Å². The number of rotatable bonds is 7. The molecule has 2 N–H and O–H groups in total. The van der Waals surface area contributed by atoms with Crippen molar-refractivity contribution in [1.29, 1.82) is 0 Å². The first-order valence-electron chi connectivity index (χ1n) is 7.38. The van der Waals surface area contributed by atoms with Gasteiger partial charge in [-0.2, -0.15) is 0 Å². The highest BCUT2D eigenvalue weighted by atomic mass is 127. The van der Waals surface area contributed by atoms with Gasteiger partial charge in [-0.3, -0.25) is 4.79 Å². The van der Waals surface area contributed by atoms with Crippen molar-refractivity contribution in [3.8, 4) is 0 Å². The second-order valence-corrected chi connectivity index (χ2v) is 6.80. The Morgan fingerprint density at radius 1 is 1.36 bits per heavy atom. The highest BCUT2D eigenvalue weighted by molar-refractivity contribution is 14.1. The van der Waals surface area contributed by atoms with Crippen LogP contribution in [0.25, 0.3) is 0 Å². The first-order valence-corrected chi connectivity index (χ1v) is 8.90. The Hall–Kier alpha value is -1.11. The molecule has 0 saturated heterocycles. The fraction of sp³-hybridized carbons (Fsp3) is 0.529. The Kier molecular flexibility index (Phi) is 6.84. The van der Waals surface area contributed by atoms with Gasteiger partial charge in [0.1, 0.15) is 0 Å². The van der Waals surface area contributed by atoms with E-state index < -0.39 is 12.0 Å². The van der Waals surface area contributed by atoms with Crippen LogP contribution in [0.4, 0.5) is 0 Å². The van der Waals surface area contributed by atoms with Crippen LogP contribution in [0.1, 0.15) is 50.0 Å². The highest BCUT2D eigenvalue weighted by Gasteiger charge is 2.26. The van der Waals surface area contributed by atoms with E-state index in [-0.39, 0.29) is 5.41 Å². The fourth-order valence-corrected chi connectivity index (χ4v) is 3.22. The molecule has 2 atom stereocenters. The summed E-state index contributed by atoms with van der Waals surface area (Å²) >= 11 is 2.34. The van der Waals surface area contributed by atoms with Crippen molar-refractivity contribution >= 4 is 34.2 Å². The van der Waals surface area contributed by atoms with Crippen LogP contribution in [0.15, 0.2) is 23.4 Å². The molecular weight excluding hydrogens is 391 g/mol. The van der Waals surface area contributed by atoms with Crippen molar-refractivity contribution in [3.05, 3.63) is 34.9 Å². The minimum atomic E-state index is -0.858. The zero-order valence-electron chi connectivity index (χ0n) is 13.9. The molecule has 0 heterocycles. The van der Waals surface area contributed by atoms with E-state index in [1.807, 2.05) is 39.0 Å². The summed E-state index contributed by atoms with van der Waals surface area (Å²) in [6.45, 7) is 10.1. The second kappa shape index (κ2) is 7.94. The third-order valence-electron chi connectivity index (χ3n) is 4.05. The van der Waals surface area contributed by atoms with Crippen LogP contribution in [0.5, 0.6) is 0 Å². The quantitative estimate of drug-likeness (QED) is 0.315. The molecule has 0 bridgehead atoms. The number of hydrogen-bond acceptors (Lipinski definition) is 3. The van der Waals surface area contributed by atoms with Gasteiger partial charge in [-0.1, -0.05) is 70.9 Å². The Bertz CT molecular complexity index is 546. The molecule has 1 amide bonds. The second-order valence-electron chi connectivity index (χ2n) is 6.03. The average Bonchev–Trinajstić information content (AvgIpc) is 2.45. The van der Waals surface area contributed by atoms with Gasteiger partial charge in [0.15, 0.2) is 0 Å². The molecule has 0 radical (unpaired) electrons.